The molecule has 0 spiro atoms. The van der Waals surface area contributed by atoms with Gasteiger partial charge in [0.2, 0.25) is 0 Å². The second-order valence-electron chi connectivity index (χ2n) is 4.54. The Morgan fingerprint density at radius 1 is 1.29 bits per heavy atom. The predicted molar refractivity (Wildman–Crippen MR) is 85.9 cm³/mol. The molecule has 0 aliphatic rings. The smallest absolute Gasteiger partial charge is 0.267 e. The normalized spacial score (nSPS) is 11.1. The highest BCUT2D eigenvalue weighted by Crippen LogP contribution is 2.18. The zero-order valence-corrected chi connectivity index (χ0v) is 12.2. The number of pyridine rings is 1. The van der Waals surface area contributed by atoms with Crippen molar-refractivity contribution in [1.29, 1.82) is 0 Å². The Bertz CT molecular complexity index is 810. The number of hydrazone groups is 1. The number of nitrogens with one attached hydrogen (secondary N) is 1. The van der Waals surface area contributed by atoms with Crippen LogP contribution in [0.3, 0.4) is 0 Å². The molecule has 0 aliphatic heterocycles. The van der Waals surface area contributed by atoms with E-state index in [1.54, 1.807) is 23.6 Å². The molecular formula is C16H13N3OS. The summed E-state index contributed by atoms with van der Waals surface area (Å²) < 4.78 is 0. The van der Waals surface area contributed by atoms with Gasteiger partial charge >= 0.3 is 0 Å². The average Bonchev–Trinajstić information content (AvgIpc) is 2.99. The van der Waals surface area contributed by atoms with Crippen molar-refractivity contribution in [3.05, 3.63) is 64.0 Å². The summed E-state index contributed by atoms with van der Waals surface area (Å²) >= 11 is 1.56. The second-order valence-corrected chi connectivity index (χ2v) is 5.52. The summed E-state index contributed by atoms with van der Waals surface area (Å²) in [7, 11) is 0. The lowest BCUT2D eigenvalue weighted by molar-refractivity contribution is 0.0956. The Morgan fingerprint density at radius 3 is 2.95 bits per heavy atom. The number of benzene rings is 1. The fourth-order valence-corrected chi connectivity index (χ4v) is 2.66. The van der Waals surface area contributed by atoms with Crippen molar-refractivity contribution in [2.75, 3.05) is 0 Å². The number of nitrogens with zero attached hydrogens (tertiary/aromatic N) is 2. The summed E-state index contributed by atoms with van der Waals surface area (Å²) in [4.78, 5) is 17.7. The highest BCUT2D eigenvalue weighted by Gasteiger charge is 2.10. The van der Waals surface area contributed by atoms with Crippen LogP contribution in [-0.2, 0) is 0 Å². The number of aryl methyl sites for hydroxylation is 1. The van der Waals surface area contributed by atoms with Crippen LogP contribution in [0.5, 0.6) is 0 Å². The number of thiophene rings is 1. The molecule has 4 nitrogen and oxygen atoms in total. The monoisotopic (exact) mass is 295 g/mol. The maximum absolute atomic E-state index is 12.3. The highest BCUT2D eigenvalue weighted by atomic mass is 32.1. The molecule has 0 bridgehead atoms. The maximum atomic E-state index is 12.3. The van der Waals surface area contributed by atoms with E-state index in [9.17, 15) is 4.79 Å². The molecule has 3 aromatic rings. The largest absolute Gasteiger partial charge is 0.272 e. The van der Waals surface area contributed by atoms with Gasteiger partial charge < -0.3 is 0 Å². The Morgan fingerprint density at radius 2 is 2.14 bits per heavy atom. The zero-order chi connectivity index (χ0) is 14.7. The van der Waals surface area contributed by atoms with Gasteiger partial charge in [-0.2, -0.15) is 5.10 Å². The molecule has 0 saturated carbocycles. The summed E-state index contributed by atoms with van der Waals surface area (Å²) in [5.74, 6) is -0.232. The molecule has 0 fully saturated rings. The molecule has 2 heterocycles. The number of aromatic nitrogens is 1. The SMILES string of the molecule is Cc1cc(C(=O)N/N=C\c2cccs2)c2ccccc2n1. The average molecular weight is 295 g/mol. The number of carbonyl (C=O) groups excluding carboxylic acids is 1. The van der Waals surface area contributed by atoms with E-state index in [-0.39, 0.29) is 5.91 Å². The number of hydrogen-bond donors (Lipinski definition) is 1. The third-order valence-electron chi connectivity index (χ3n) is 2.99. The number of amides is 1. The number of para-hydroxylation sites is 1. The molecular weight excluding hydrogens is 282 g/mol. The van der Waals surface area contributed by atoms with Crippen LogP contribution in [0.2, 0.25) is 0 Å². The predicted octanol–water partition coefficient (Wildman–Crippen LogP) is 3.37. The molecule has 3 rings (SSSR count). The van der Waals surface area contributed by atoms with Gasteiger partial charge in [0.1, 0.15) is 0 Å². The molecule has 1 aromatic carbocycles. The van der Waals surface area contributed by atoms with E-state index in [2.05, 4.69) is 15.5 Å². The Hall–Kier alpha value is -2.53. The van der Waals surface area contributed by atoms with Gasteiger partial charge in [-0.05, 0) is 30.5 Å². The molecule has 0 aliphatic carbocycles. The first-order valence-electron chi connectivity index (χ1n) is 6.47. The molecule has 1 amide bonds. The summed E-state index contributed by atoms with van der Waals surface area (Å²) in [6, 6.07) is 13.2. The van der Waals surface area contributed by atoms with Crippen LogP contribution < -0.4 is 5.43 Å². The van der Waals surface area contributed by atoms with Gasteiger partial charge in [0, 0.05) is 16.0 Å². The molecule has 104 valence electrons. The van der Waals surface area contributed by atoms with Crippen molar-refractivity contribution < 1.29 is 4.79 Å². The summed E-state index contributed by atoms with van der Waals surface area (Å²) in [6.45, 7) is 1.87. The lowest BCUT2D eigenvalue weighted by Crippen LogP contribution is -2.18. The van der Waals surface area contributed by atoms with Crippen LogP contribution in [0.25, 0.3) is 10.9 Å². The van der Waals surface area contributed by atoms with Gasteiger partial charge in [-0.15, -0.1) is 11.3 Å². The van der Waals surface area contributed by atoms with Crippen LogP contribution in [0.15, 0.2) is 52.9 Å². The molecule has 21 heavy (non-hydrogen) atoms. The topological polar surface area (TPSA) is 54.4 Å². The maximum Gasteiger partial charge on any atom is 0.272 e. The van der Waals surface area contributed by atoms with E-state index in [0.29, 0.717) is 5.56 Å². The van der Waals surface area contributed by atoms with Crippen LogP contribution >= 0.6 is 11.3 Å². The Balaban J connectivity index is 1.87. The van der Waals surface area contributed by atoms with Gasteiger partial charge in [-0.1, -0.05) is 24.3 Å². The second kappa shape index (κ2) is 5.85. The highest BCUT2D eigenvalue weighted by molar-refractivity contribution is 7.11. The van der Waals surface area contributed by atoms with Crippen molar-refractivity contribution >= 4 is 34.4 Å². The third kappa shape index (κ3) is 2.98. The third-order valence-corrected chi connectivity index (χ3v) is 3.80. The van der Waals surface area contributed by atoms with Gasteiger partial charge in [-0.3, -0.25) is 9.78 Å². The minimum absolute atomic E-state index is 0.232. The van der Waals surface area contributed by atoms with Crippen molar-refractivity contribution in [3.63, 3.8) is 0 Å². The Labute approximate surface area is 126 Å². The van der Waals surface area contributed by atoms with Crippen molar-refractivity contribution in [3.8, 4) is 0 Å². The van der Waals surface area contributed by atoms with Gasteiger partial charge in [0.15, 0.2) is 0 Å². The standard InChI is InChI=1S/C16H13N3OS/c1-11-9-14(13-6-2-3-7-15(13)18-11)16(20)19-17-10-12-5-4-8-21-12/h2-10H,1H3,(H,19,20)/b17-10-. The van der Waals surface area contributed by atoms with E-state index in [1.807, 2.05) is 48.7 Å². The first-order chi connectivity index (χ1) is 10.2. The summed E-state index contributed by atoms with van der Waals surface area (Å²) in [5, 5.41) is 6.78. The molecule has 0 unspecified atom stereocenters. The van der Waals surface area contributed by atoms with Crippen molar-refractivity contribution in [1.82, 2.24) is 10.4 Å². The van der Waals surface area contributed by atoms with E-state index in [1.165, 1.54) is 0 Å². The zero-order valence-electron chi connectivity index (χ0n) is 11.4. The van der Waals surface area contributed by atoms with E-state index >= 15 is 0 Å². The molecule has 0 radical (unpaired) electrons. The van der Waals surface area contributed by atoms with Crippen LogP contribution in [-0.4, -0.2) is 17.1 Å². The van der Waals surface area contributed by atoms with Gasteiger partial charge in [0.05, 0.1) is 17.3 Å². The van der Waals surface area contributed by atoms with Gasteiger partial charge in [-0.25, -0.2) is 5.43 Å². The van der Waals surface area contributed by atoms with Crippen molar-refractivity contribution in [2.24, 2.45) is 5.10 Å². The summed E-state index contributed by atoms with van der Waals surface area (Å²) in [6.07, 6.45) is 1.64. The minimum Gasteiger partial charge on any atom is -0.267 e. The lowest BCUT2D eigenvalue weighted by Gasteiger charge is -2.06. The number of fused-ring (bicyclic) bond motifs is 1. The minimum atomic E-state index is -0.232. The first-order valence-corrected chi connectivity index (χ1v) is 7.35. The summed E-state index contributed by atoms with van der Waals surface area (Å²) in [5.41, 5.74) is 4.77. The van der Waals surface area contributed by atoms with Crippen LogP contribution in [0.4, 0.5) is 0 Å². The fraction of sp³-hybridized carbons (Fsp3) is 0.0625. The quantitative estimate of drug-likeness (QED) is 0.595. The van der Waals surface area contributed by atoms with Crippen LogP contribution in [0.1, 0.15) is 20.9 Å². The molecule has 1 N–H and O–H groups in total. The molecule has 2 aromatic heterocycles. The first kappa shape index (κ1) is 13.5. The Kier molecular flexibility index (Phi) is 3.75. The van der Waals surface area contributed by atoms with Crippen molar-refractivity contribution in [2.45, 2.75) is 6.92 Å². The van der Waals surface area contributed by atoms with E-state index in [0.717, 1.165) is 21.5 Å². The molecule has 5 heteroatoms. The van der Waals surface area contributed by atoms with Gasteiger partial charge in [0.25, 0.3) is 5.91 Å². The number of carbonyl (C=O) groups is 1. The van der Waals surface area contributed by atoms with Crippen LogP contribution in [0, 0.1) is 6.92 Å². The molecule has 0 saturated heterocycles. The lowest BCUT2D eigenvalue weighted by atomic mass is 10.1. The van der Waals surface area contributed by atoms with E-state index < -0.39 is 0 Å². The van der Waals surface area contributed by atoms with E-state index in [4.69, 9.17) is 0 Å². The fourth-order valence-electron chi connectivity index (χ4n) is 2.08. The number of rotatable bonds is 3. The molecule has 0 atom stereocenters. The number of hydrogen-bond acceptors (Lipinski definition) is 4.